The van der Waals surface area contributed by atoms with Gasteiger partial charge in [-0.3, -0.25) is 0 Å². The summed E-state index contributed by atoms with van der Waals surface area (Å²) < 4.78 is 7.16. The van der Waals surface area contributed by atoms with Crippen LogP contribution in [0, 0.1) is 0 Å². The molecule has 0 unspecified atom stereocenters. The van der Waals surface area contributed by atoms with Crippen LogP contribution in [0.2, 0.25) is 5.02 Å². The molecule has 3 aromatic rings. The van der Waals surface area contributed by atoms with Gasteiger partial charge in [0.1, 0.15) is 0 Å². The van der Waals surface area contributed by atoms with E-state index < -0.39 is 0 Å². The Kier molecular flexibility index (Phi) is 7.80. The van der Waals surface area contributed by atoms with E-state index in [0.717, 1.165) is 11.3 Å². The number of nitrogens with two attached hydrogens (primary N) is 2. The van der Waals surface area contributed by atoms with Gasteiger partial charge in [-0.05, 0) is 17.7 Å². The smallest absolute Gasteiger partial charge is 0.191 e. The molecule has 0 saturated carbocycles. The first-order chi connectivity index (χ1) is 13.7. The highest BCUT2D eigenvalue weighted by Crippen LogP contribution is 2.23. The lowest BCUT2D eigenvalue weighted by Crippen LogP contribution is -2.15. The minimum Gasteiger partial charge on any atom is -0.379 e. The Balaban J connectivity index is 1.83. The zero-order valence-electron chi connectivity index (χ0n) is 15.3. The van der Waals surface area contributed by atoms with Crippen LogP contribution in [0.4, 0.5) is 5.82 Å². The molecule has 0 bridgehead atoms. The van der Waals surface area contributed by atoms with Crippen LogP contribution >= 0.6 is 23.4 Å². The van der Waals surface area contributed by atoms with Gasteiger partial charge in [0.25, 0.3) is 0 Å². The number of hydrogen-bond donors (Lipinski definition) is 3. The van der Waals surface area contributed by atoms with Gasteiger partial charge in [-0.2, -0.15) is 0 Å². The maximum atomic E-state index is 5.97. The molecule has 1 aromatic carbocycles. The third-order valence-corrected chi connectivity index (χ3v) is 4.81. The molecule has 11 heteroatoms. The Hall–Kier alpha value is -1.98. The molecule has 0 aliphatic rings. The number of aromatic nitrogens is 5. The van der Waals surface area contributed by atoms with Crippen molar-refractivity contribution in [2.75, 3.05) is 43.9 Å². The summed E-state index contributed by atoms with van der Waals surface area (Å²) in [7, 11) is 0. The second-order valence-corrected chi connectivity index (χ2v) is 7.36. The molecule has 0 atom stereocenters. The van der Waals surface area contributed by atoms with E-state index in [1.165, 1.54) is 11.8 Å². The summed E-state index contributed by atoms with van der Waals surface area (Å²) in [5.74, 6) is 1.35. The first kappa shape index (κ1) is 20.7. The summed E-state index contributed by atoms with van der Waals surface area (Å²) in [6.45, 7) is 3.24. The molecule has 3 rings (SSSR count). The van der Waals surface area contributed by atoms with E-state index in [9.17, 15) is 0 Å². The van der Waals surface area contributed by atoms with Crippen LogP contribution in [-0.4, -0.2) is 63.6 Å². The van der Waals surface area contributed by atoms with Crippen molar-refractivity contribution >= 4 is 40.3 Å². The summed E-state index contributed by atoms with van der Waals surface area (Å²) in [6.07, 6.45) is 0. The number of benzene rings is 1. The quantitative estimate of drug-likeness (QED) is 0.238. The van der Waals surface area contributed by atoms with E-state index in [4.69, 9.17) is 27.8 Å². The predicted octanol–water partition coefficient (Wildman–Crippen LogP) is 1.36. The number of nitrogens with one attached hydrogen (secondary N) is 1. The van der Waals surface area contributed by atoms with Gasteiger partial charge in [-0.15, -0.1) is 5.10 Å². The topological polar surface area (TPSA) is 130 Å². The number of fused-ring (bicyclic) bond motifs is 1. The summed E-state index contributed by atoms with van der Waals surface area (Å²) >= 11 is 7.47. The highest BCUT2D eigenvalue weighted by molar-refractivity contribution is 7.99. The highest BCUT2D eigenvalue weighted by Gasteiger charge is 2.15. The van der Waals surface area contributed by atoms with Crippen molar-refractivity contribution in [3.8, 4) is 0 Å². The maximum Gasteiger partial charge on any atom is 0.191 e. The minimum absolute atomic E-state index is 0.486. The van der Waals surface area contributed by atoms with E-state index in [-0.39, 0.29) is 0 Å². The molecule has 2 heterocycles. The van der Waals surface area contributed by atoms with Crippen LogP contribution in [0.25, 0.3) is 11.2 Å². The van der Waals surface area contributed by atoms with Crippen LogP contribution in [0.3, 0.4) is 0 Å². The highest BCUT2D eigenvalue weighted by atomic mass is 35.5. The van der Waals surface area contributed by atoms with Gasteiger partial charge in [0.2, 0.25) is 0 Å². The van der Waals surface area contributed by atoms with Gasteiger partial charge in [0.05, 0.1) is 19.8 Å². The number of anilines is 1. The van der Waals surface area contributed by atoms with E-state index in [1.54, 1.807) is 4.68 Å². The molecule has 0 fully saturated rings. The third-order valence-electron chi connectivity index (χ3n) is 3.75. The van der Waals surface area contributed by atoms with E-state index in [1.807, 2.05) is 24.3 Å². The SMILES string of the molecule is NCCNc1nc(SCCOCCN)nc2c1nnn2Cc1ccc(Cl)cc1. The van der Waals surface area contributed by atoms with Crippen LogP contribution in [0.15, 0.2) is 29.4 Å². The zero-order chi connectivity index (χ0) is 19.8. The fourth-order valence-corrected chi connectivity index (χ4v) is 3.28. The molecule has 5 N–H and O–H groups in total. The van der Waals surface area contributed by atoms with Crippen molar-refractivity contribution in [2.45, 2.75) is 11.7 Å². The molecule has 150 valence electrons. The summed E-state index contributed by atoms with van der Waals surface area (Å²) in [5.41, 5.74) is 13.4. The molecule has 28 heavy (non-hydrogen) atoms. The Labute approximate surface area is 172 Å². The molecular formula is C17H23ClN8OS. The van der Waals surface area contributed by atoms with E-state index in [2.05, 4.69) is 25.6 Å². The molecule has 0 spiro atoms. The lowest BCUT2D eigenvalue weighted by Gasteiger charge is -2.08. The van der Waals surface area contributed by atoms with Crippen LogP contribution in [0.5, 0.6) is 0 Å². The fourth-order valence-electron chi connectivity index (χ4n) is 2.46. The van der Waals surface area contributed by atoms with Crippen molar-refractivity contribution < 1.29 is 4.74 Å². The Morgan fingerprint density at radius 3 is 2.68 bits per heavy atom. The molecular weight excluding hydrogens is 400 g/mol. The number of hydrogen-bond acceptors (Lipinski definition) is 9. The molecule has 0 radical (unpaired) electrons. The van der Waals surface area contributed by atoms with Gasteiger partial charge in [-0.1, -0.05) is 40.7 Å². The van der Waals surface area contributed by atoms with Crippen molar-refractivity contribution in [3.05, 3.63) is 34.9 Å². The number of thioether (sulfide) groups is 1. The van der Waals surface area contributed by atoms with Gasteiger partial charge in [0.15, 0.2) is 22.1 Å². The van der Waals surface area contributed by atoms with Crippen molar-refractivity contribution in [1.29, 1.82) is 0 Å². The molecule has 0 amide bonds. The first-order valence-electron chi connectivity index (χ1n) is 8.91. The maximum absolute atomic E-state index is 5.97. The average molecular weight is 423 g/mol. The predicted molar refractivity (Wildman–Crippen MR) is 112 cm³/mol. The third kappa shape index (κ3) is 5.52. The lowest BCUT2D eigenvalue weighted by atomic mass is 10.2. The molecule has 0 saturated heterocycles. The normalized spacial score (nSPS) is 11.2. The lowest BCUT2D eigenvalue weighted by molar-refractivity contribution is 0.158. The fraction of sp³-hybridized carbons (Fsp3) is 0.412. The first-order valence-corrected chi connectivity index (χ1v) is 10.3. The summed E-state index contributed by atoms with van der Waals surface area (Å²) in [5, 5.41) is 13.0. The van der Waals surface area contributed by atoms with Crippen molar-refractivity contribution in [3.63, 3.8) is 0 Å². The van der Waals surface area contributed by atoms with Gasteiger partial charge >= 0.3 is 0 Å². The standard InChI is InChI=1S/C17H23ClN8OS/c18-13-3-1-12(2-4-13)11-26-16-14(24-25-26)15(21-7-5-19)22-17(23-16)28-10-9-27-8-6-20/h1-4H,5-11,19-20H2,(H,21,22,23). The number of nitrogens with zero attached hydrogens (tertiary/aromatic N) is 5. The Morgan fingerprint density at radius 2 is 1.93 bits per heavy atom. The van der Waals surface area contributed by atoms with Crippen LogP contribution in [-0.2, 0) is 11.3 Å². The number of halogens is 1. The second-order valence-electron chi connectivity index (χ2n) is 5.87. The van der Waals surface area contributed by atoms with Crippen molar-refractivity contribution in [1.82, 2.24) is 25.0 Å². The monoisotopic (exact) mass is 422 g/mol. The van der Waals surface area contributed by atoms with Gasteiger partial charge in [0, 0.05) is 30.4 Å². The van der Waals surface area contributed by atoms with Gasteiger partial charge < -0.3 is 21.5 Å². The van der Waals surface area contributed by atoms with Gasteiger partial charge in [-0.25, -0.2) is 14.6 Å². The van der Waals surface area contributed by atoms with Crippen LogP contribution in [0.1, 0.15) is 5.56 Å². The second kappa shape index (κ2) is 10.5. The average Bonchev–Trinajstić information content (AvgIpc) is 3.10. The Bertz CT molecular complexity index is 889. The molecule has 0 aliphatic carbocycles. The number of rotatable bonds is 11. The van der Waals surface area contributed by atoms with Crippen molar-refractivity contribution in [2.24, 2.45) is 11.5 Å². The van der Waals surface area contributed by atoms with E-state index >= 15 is 0 Å². The molecule has 9 nitrogen and oxygen atoms in total. The molecule has 2 aromatic heterocycles. The zero-order valence-corrected chi connectivity index (χ0v) is 16.9. The summed E-state index contributed by atoms with van der Waals surface area (Å²) in [4.78, 5) is 9.21. The Morgan fingerprint density at radius 1 is 1.11 bits per heavy atom. The minimum atomic E-state index is 0.486. The summed E-state index contributed by atoms with van der Waals surface area (Å²) in [6, 6.07) is 7.60. The number of ether oxygens (including phenoxy) is 1. The largest absolute Gasteiger partial charge is 0.379 e. The molecule has 0 aliphatic heterocycles. The van der Waals surface area contributed by atoms with E-state index in [0.29, 0.717) is 66.6 Å². The van der Waals surface area contributed by atoms with Crippen LogP contribution < -0.4 is 16.8 Å².